The Hall–Kier alpha value is -0.450. The molecule has 2 atom stereocenters. The molecule has 4 heteroatoms. The highest BCUT2D eigenvalue weighted by molar-refractivity contribution is 9.10. The third-order valence-electron chi connectivity index (χ3n) is 2.72. The predicted octanol–water partition coefficient (Wildman–Crippen LogP) is 2.66. The Morgan fingerprint density at radius 2 is 2.33 bits per heavy atom. The molecule has 2 nitrogen and oxygen atoms in total. The van der Waals surface area contributed by atoms with Gasteiger partial charge in [0.2, 0.25) is 0 Å². The highest BCUT2D eigenvalue weighted by atomic mass is 79.9. The van der Waals surface area contributed by atoms with Gasteiger partial charge in [-0.1, -0.05) is 6.07 Å². The van der Waals surface area contributed by atoms with Gasteiger partial charge < -0.3 is 9.84 Å². The quantitative estimate of drug-likeness (QED) is 0.899. The van der Waals surface area contributed by atoms with E-state index in [2.05, 4.69) is 15.9 Å². The summed E-state index contributed by atoms with van der Waals surface area (Å²) in [6, 6.07) is 4.84. The molecule has 0 radical (unpaired) electrons. The average molecular weight is 275 g/mol. The van der Waals surface area contributed by atoms with Crippen LogP contribution < -0.4 is 0 Å². The molecule has 15 heavy (non-hydrogen) atoms. The maximum Gasteiger partial charge on any atom is 0.137 e. The van der Waals surface area contributed by atoms with Crippen LogP contribution in [0.1, 0.15) is 18.1 Å². The lowest BCUT2D eigenvalue weighted by Crippen LogP contribution is -2.11. The second kappa shape index (κ2) is 4.60. The summed E-state index contributed by atoms with van der Waals surface area (Å²) in [6.45, 7) is 0.768. The number of halogens is 2. The summed E-state index contributed by atoms with van der Waals surface area (Å²) >= 11 is 3.14. The van der Waals surface area contributed by atoms with Crippen LogP contribution >= 0.6 is 15.9 Å². The first-order valence-electron chi connectivity index (χ1n) is 4.90. The van der Waals surface area contributed by atoms with E-state index in [1.807, 2.05) is 0 Å². The number of hydrogen-bond donors (Lipinski definition) is 1. The fourth-order valence-electron chi connectivity index (χ4n) is 1.88. The van der Waals surface area contributed by atoms with Crippen LogP contribution in [-0.2, 0) is 4.74 Å². The maximum absolute atomic E-state index is 13.0. The Labute approximate surface area is 96.2 Å². The molecule has 1 N–H and O–H groups in total. The molecule has 1 aliphatic heterocycles. The van der Waals surface area contributed by atoms with Crippen LogP contribution in [-0.4, -0.2) is 18.3 Å². The van der Waals surface area contributed by atoms with Crippen LogP contribution in [0.5, 0.6) is 0 Å². The van der Waals surface area contributed by atoms with Crippen molar-refractivity contribution in [2.75, 3.05) is 13.2 Å². The van der Waals surface area contributed by atoms with Crippen molar-refractivity contribution in [1.82, 2.24) is 0 Å². The van der Waals surface area contributed by atoms with E-state index < -0.39 is 0 Å². The lowest BCUT2D eigenvalue weighted by molar-refractivity contribution is 0.0720. The molecule has 1 saturated heterocycles. The van der Waals surface area contributed by atoms with Crippen molar-refractivity contribution in [2.45, 2.75) is 12.5 Å². The minimum atomic E-state index is -0.280. The Kier molecular flexibility index (Phi) is 3.38. The van der Waals surface area contributed by atoms with Gasteiger partial charge in [0.1, 0.15) is 5.82 Å². The summed E-state index contributed by atoms with van der Waals surface area (Å²) < 4.78 is 19.0. The zero-order valence-corrected chi connectivity index (χ0v) is 9.71. The summed E-state index contributed by atoms with van der Waals surface area (Å²) in [5.41, 5.74) is 0.917. The van der Waals surface area contributed by atoms with Crippen LogP contribution in [0.15, 0.2) is 22.7 Å². The topological polar surface area (TPSA) is 29.5 Å². The number of ether oxygens (including phenoxy) is 1. The highest BCUT2D eigenvalue weighted by Crippen LogP contribution is 2.35. The molecule has 1 heterocycles. The molecule has 0 aliphatic carbocycles. The summed E-state index contributed by atoms with van der Waals surface area (Å²) in [7, 11) is 0. The van der Waals surface area contributed by atoms with E-state index in [1.54, 1.807) is 12.1 Å². The fourth-order valence-corrected chi connectivity index (χ4v) is 2.28. The number of hydrogen-bond acceptors (Lipinski definition) is 2. The van der Waals surface area contributed by atoms with E-state index in [-0.39, 0.29) is 24.4 Å². The van der Waals surface area contributed by atoms with Gasteiger partial charge in [-0.25, -0.2) is 4.39 Å². The van der Waals surface area contributed by atoms with Gasteiger partial charge in [0, 0.05) is 19.1 Å². The first-order valence-corrected chi connectivity index (χ1v) is 5.69. The van der Waals surface area contributed by atoms with Crippen molar-refractivity contribution in [2.24, 2.45) is 5.92 Å². The summed E-state index contributed by atoms with van der Waals surface area (Å²) in [5.74, 6) is -0.153. The van der Waals surface area contributed by atoms with Crippen LogP contribution in [0.3, 0.4) is 0 Å². The molecule has 1 fully saturated rings. The van der Waals surface area contributed by atoms with Crippen LogP contribution in [0.25, 0.3) is 0 Å². The molecule has 2 rings (SSSR count). The van der Waals surface area contributed by atoms with Crippen LogP contribution in [0.2, 0.25) is 0 Å². The Bertz CT molecular complexity index is 356. The first kappa shape index (κ1) is 11.0. The van der Waals surface area contributed by atoms with Crippen molar-refractivity contribution in [3.8, 4) is 0 Å². The maximum atomic E-state index is 13.0. The molecule has 1 aliphatic rings. The van der Waals surface area contributed by atoms with Crippen molar-refractivity contribution in [3.63, 3.8) is 0 Å². The van der Waals surface area contributed by atoms with Crippen LogP contribution in [0, 0.1) is 11.7 Å². The Morgan fingerprint density at radius 3 is 3.00 bits per heavy atom. The zero-order chi connectivity index (χ0) is 10.8. The van der Waals surface area contributed by atoms with Gasteiger partial charge in [-0.15, -0.1) is 0 Å². The number of aliphatic hydroxyl groups is 1. The van der Waals surface area contributed by atoms with Crippen molar-refractivity contribution in [3.05, 3.63) is 34.1 Å². The normalized spacial score (nSPS) is 25.8. The minimum absolute atomic E-state index is 0.105. The van der Waals surface area contributed by atoms with Gasteiger partial charge in [0.15, 0.2) is 0 Å². The van der Waals surface area contributed by atoms with Gasteiger partial charge in [-0.3, -0.25) is 0 Å². The largest absolute Gasteiger partial charge is 0.396 e. The lowest BCUT2D eigenvalue weighted by atomic mass is 9.96. The smallest absolute Gasteiger partial charge is 0.137 e. The van der Waals surface area contributed by atoms with E-state index in [4.69, 9.17) is 9.84 Å². The molecule has 0 amide bonds. The minimum Gasteiger partial charge on any atom is -0.396 e. The van der Waals surface area contributed by atoms with Gasteiger partial charge in [-0.05, 0) is 40.0 Å². The molecule has 0 bridgehead atoms. The molecule has 2 unspecified atom stereocenters. The van der Waals surface area contributed by atoms with Crippen molar-refractivity contribution >= 4 is 15.9 Å². The van der Waals surface area contributed by atoms with Crippen molar-refractivity contribution < 1.29 is 14.2 Å². The monoisotopic (exact) mass is 274 g/mol. The van der Waals surface area contributed by atoms with Crippen molar-refractivity contribution in [1.29, 1.82) is 0 Å². The second-order valence-corrected chi connectivity index (χ2v) is 4.55. The van der Waals surface area contributed by atoms with E-state index in [0.717, 1.165) is 12.0 Å². The molecule has 1 aromatic rings. The number of aliphatic hydroxyl groups excluding tert-OH is 1. The molecular formula is C11H12BrFO2. The van der Waals surface area contributed by atoms with E-state index in [1.165, 1.54) is 6.07 Å². The van der Waals surface area contributed by atoms with Crippen LogP contribution in [0.4, 0.5) is 4.39 Å². The van der Waals surface area contributed by atoms with E-state index in [9.17, 15) is 4.39 Å². The van der Waals surface area contributed by atoms with E-state index >= 15 is 0 Å². The fraction of sp³-hybridized carbons (Fsp3) is 0.455. The molecule has 1 aromatic carbocycles. The Balaban J connectivity index is 2.25. The number of benzene rings is 1. The SMILES string of the molecule is OCC1CCOC1c1ccc(F)c(Br)c1. The average Bonchev–Trinajstić information content (AvgIpc) is 2.70. The van der Waals surface area contributed by atoms with Gasteiger partial charge >= 0.3 is 0 Å². The summed E-state index contributed by atoms with van der Waals surface area (Å²) in [5, 5.41) is 9.16. The first-order chi connectivity index (χ1) is 7.22. The zero-order valence-electron chi connectivity index (χ0n) is 8.12. The third-order valence-corrected chi connectivity index (χ3v) is 3.33. The Morgan fingerprint density at radius 1 is 1.53 bits per heavy atom. The molecule has 0 spiro atoms. The predicted molar refractivity (Wildman–Crippen MR) is 58.0 cm³/mol. The molecule has 0 saturated carbocycles. The molecular weight excluding hydrogens is 263 g/mol. The van der Waals surface area contributed by atoms with Gasteiger partial charge in [0.25, 0.3) is 0 Å². The second-order valence-electron chi connectivity index (χ2n) is 3.70. The number of rotatable bonds is 2. The highest BCUT2D eigenvalue weighted by Gasteiger charge is 2.29. The lowest BCUT2D eigenvalue weighted by Gasteiger charge is -2.16. The third kappa shape index (κ3) is 2.22. The van der Waals surface area contributed by atoms with E-state index in [0.29, 0.717) is 11.1 Å². The summed E-state index contributed by atoms with van der Waals surface area (Å²) in [6.07, 6.45) is 0.753. The standard InChI is InChI=1S/C11H12BrFO2/c12-9-5-7(1-2-10(9)13)11-8(6-14)3-4-15-11/h1-2,5,8,11,14H,3-4,6H2. The van der Waals surface area contributed by atoms with Gasteiger partial charge in [0.05, 0.1) is 10.6 Å². The molecule has 82 valence electrons. The van der Waals surface area contributed by atoms with Gasteiger partial charge in [-0.2, -0.15) is 0 Å². The summed E-state index contributed by atoms with van der Waals surface area (Å²) in [4.78, 5) is 0. The molecule has 0 aromatic heterocycles.